The minimum absolute atomic E-state index is 0.0329. The Kier molecular flexibility index (Phi) is 5.76. The summed E-state index contributed by atoms with van der Waals surface area (Å²) in [5.74, 6) is -0.744. The van der Waals surface area contributed by atoms with Crippen LogP contribution in [0.15, 0.2) is 66.7 Å². The third-order valence-electron chi connectivity index (χ3n) is 7.62. The van der Waals surface area contributed by atoms with E-state index in [0.717, 1.165) is 37.4 Å². The molecule has 1 amide bonds. The largest absolute Gasteiger partial charge is 0.480 e. The average molecular weight is 484 g/mol. The number of hydrogen-bond donors (Lipinski definition) is 1. The van der Waals surface area contributed by atoms with E-state index in [0.29, 0.717) is 19.7 Å². The molecule has 0 saturated carbocycles. The first kappa shape index (κ1) is 22.5. The number of anilines is 2. The number of fused-ring (bicyclic) bond motifs is 4. The topological polar surface area (TPSA) is 73.3 Å². The third kappa shape index (κ3) is 4.04. The number of carbonyl (C=O) groups is 2. The van der Waals surface area contributed by atoms with Gasteiger partial charge in [0.15, 0.2) is 0 Å². The number of rotatable bonds is 5. The van der Waals surface area contributed by atoms with Gasteiger partial charge in [-0.25, -0.2) is 4.79 Å². The lowest BCUT2D eigenvalue weighted by Gasteiger charge is -2.36. The number of nitrogens with zero attached hydrogens (tertiary/aromatic N) is 3. The predicted octanol–water partition coefficient (Wildman–Crippen LogP) is 4.20. The lowest BCUT2D eigenvalue weighted by atomic mass is 9.98. The Morgan fingerprint density at radius 2 is 1.53 bits per heavy atom. The van der Waals surface area contributed by atoms with Crippen LogP contribution in [0.25, 0.3) is 11.1 Å². The molecule has 184 valence electrons. The Balaban J connectivity index is 1.06. The minimum atomic E-state index is -0.809. The van der Waals surface area contributed by atoms with Gasteiger partial charge in [-0.15, -0.1) is 0 Å². The second kappa shape index (κ2) is 9.22. The van der Waals surface area contributed by atoms with Crippen molar-refractivity contribution in [2.45, 2.75) is 12.3 Å². The quantitative estimate of drug-likeness (QED) is 0.586. The molecule has 0 spiro atoms. The molecule has 1 aliphatic carbocycles. The molecule has 3 aromatic rings. The zero-order valence-electron chi connectivity index (χ0n) is 20.1. The van der Waals surface area contributed by atoms with E-state index in [1.165, 1.54) is 27.8 Å². The van der Waals surface area contributed by atoms with Crippen LogP contribution in [0.1, 0.15) is 22.6 Å². The van der Waals surface area contributed by atoms with Crippen molar-refractivity contribution in [3.63, 3.8) is 0 Å². The highest BCUT2D eigenvalue weighted by atomic mass is 16.6. The van der Waals surface area contributed by atoms with E-state index in [1.54, 1.807) is 4.90 Å². The van der Waals surface area contributed by atoms with Gasteiger partial charge in [0.2, 0.25) is 0 Å². The van der Waals surface area contributed by atoms with Crippen molar-refractivity contribution in [2.24, 2.45) is 0 Å². The van der Waals surface area contributed by atoms with Crippen LogP contribution in [0, 0.1) is 0 Å². The number of benzene rings is 3. The fourth-order valence-corrected chi connectivity index (χ4v) is 5.81. The summed E-state index contributed by atoms with van der Waals surface area (Å²) in [5, 5.41) is 9.12. The van der Waals surface area contributed by atoms with Crippen LogP contribution in [0.2, 0.25) is 0 Å². The molecule has 3 aromatic carbocycles. The molecule has 0 unspecified atom stereocenters. The first-order valence-electron chi connectivity index (χ1n) is 12.5. The maximum Gasteiger partial charge on any atom is 0.409 e. The molecule has 7 heteroatoms. The molecular formula is C29H29N3O4. The number of ether oxygens (including phenoxy) is 1. The van der Waals surface area contributed by atoms with Crippen molar-refractivity contribution in [2.75, 3.05) is 55.7 Å². The third-order valence-corrected chi connectivity index (χ3v) is 7.62. The van der Waals surface area contributed by atoms with Gasteiger partial charge in [-0.1, -0.05) is 48.5 Å². The molecule has 0 radical (unpaired) electrons. The predicted molar refractivity (Wildman–Crippen MR) is 139 cm³/mol. The van der Waals surface area contributed by atoms with Gasteiger partial charge in [0.05, 0.1) is 0 Å². The van der Waals surface area contributed by atoms with Gasteiger partial charge in [-0.3, -0.25) is 4.79 Å². The number of carboxylic acid groups (broad SMARTS) is 1. The van der Waals surface area contributed by atoms with Gasteiger partial charge in [-0.05, 0) is 52.4 Å². The highest BCUT2D eigenvalue weighted by molar-refractivity contribution is 5.79. The van der Waals surface area contributed by atoms with Gasteiger partial charge in [-0.2, -0.15) is 0 Å². The molecular weight excluding hydrogens is 454 g/mol. The Morgan fingerprint density at radius 1 is 0.861 bits per heavy atom. The number of piperazine rings is 1. The molecule has 1 N–H and O–H groups in total. The standard InChI is InChI=1S/C29H29N3O4/c33-28(34)18-32-12-11-20-17-21(9-10-27(20)32)30-13-15-31(16-14-30)29(35)36-19-26-24-7-3-1-5-22(24)23-6-2-4-8-25(23)26/h1-10,17,26H,11-16,18-19H2,(H,33,34). The van der Waals surface area contributed by atoms with E-state index >= 15 is 0 Å². The second-order valence-corrected chi connectivity index (χ2v) is 9.66. The van der Waals surface area contributed by atoms with Gasteiger partial charge in [0, 0.05) is 50.0 Å². The van der Waals surface area contributed by atoms with Crippen molar-refractivity contribution in [1.29, 1.82) is 0 Å². The Labute approximate surface area is 210 Å². The maximum atomic E-state index is 12.9. The average Bonchev–Trinajstić information content (AvgIpc) is 3.45. The molecule has 0 atom stereocenters. The monoisotopic (exact) mass is 483 g/mol. The maximum absolute atomic E-state index is 12.9. The zero-order valence-corrected chi connectivity index (χ0v) is 20.1. The summed E-state index contributed by atoms with van der Waals surface area (Å²) in [6, 6.07) is 23.0. The molecule has 36 heavy (non-hydrogen) atoms. The Hall–Kier alpha value is -4.00. The highest BCUT2D eigenvalue weighted by Gasteiger charge is 2.30. The number of amides is 1. The molecule has 1 saturated heterocycles. The van der Waals surface area contributed by atoms with E-state index in [-0.39, 0.29) is 18.6 Å². The van der Waals surface area contributed by atoms with Gasteiger partial charge < -0.3 is 24.5 Å². The molecule has 1 fully saturated rings. The molecule has 3 aliphatic rings. The van der Waals surface area contributed by atoms with Crippen molar-refractivity contribution in [3.05, 3.63) is 83.4 Å². The summed E-state index contributed by atoms with van der Waals surface area (Å²) < 4.78 is 5.84. The smallest absolute Gasteiger partial charge is 0.409 e. The molecule has 2 aliphatic heterocycles. The van der Waals surface area contributed by atoms with Gasteiger partial charge in [0.25, 0.3) is 0 Å². The summed E-state index contributed by atoms with van der Waals surface area (Å²) in [6.45, 7) is 3.80. The first-order valence-corrected chi connectivity index (χ1v) is 12.5. The fraction of sp³-hybridized carbons (Fsp3) is 0.310. The van der Waals surface area contributed by atoms with E-state index < -0.39 is 5.97 Å². The van der Waals surface area contributed by atoms with Crippen molar-refractivity contribution < 1.29 is 19.4 Å². The van der Waals surface area contributed by atoms with E-state index in [1.807, 2.05) is 23.1 Å². The van der Waals surface area contributed by atoms with E-state index in [2.05, 4.69) is 53.4 Å². The molecule has 2 heterocycles. The normalized spacial score (nSPS) is 16.5. The molecule has 7 nitrogen and oxygen atoms in total. The van der Waals surface area contributed by atoms with Crippen molar-refractivity contribution in [3.8, 4) is 11.1 Å². The van der Waals surface area contributed by atoms with Crippen LogP contribution in [0.3, 0.4) is 0 Å². The van der Waals surface area contributed by atoms with Crippen LogP contribution in [-0.4, -0.2) is 67.9 Å². The Morgan fingerprint density at radius 3 is 2.19 bits per heavy atom. The minimum Gasteiger partial charge on any atom is -0.480 e. The summed E-state index contributed by atoms with van der Waals surface area (Å²) in [5.41, 5.74) is 8.21. The Bertz CT molecular complexity index is 1270. The van der Waals surface area contributed by atoms with Gasteiger partial charge in [0.1, 0.15) is 13.2 Å². The zero-order chi connectivity index (χ0) is 24.6. The van der Waals surface area contributed by atoms with Crippen LogP contribution >= 0.6 is 0 Å². The lowest BCUT2D eigenvalue weighted by Crippen LogP contribution is -2.49. The van der Waals surface area contributed by atoms with Crippen LogP contribution in [-0.2, 0) is 16.0 Å². The summed E-state index contributed by atoms with van der Waals surface area (Å²) in [6.07, 6.45) is 0.602. The van der Waals surface area contributed by atoms with E-state index in [4.69, 9.17) is 9.84 Å². The molecule has 0 bridgehead atoms. The highest BCUT2D eigenvalue weighted by Crippen LogP contribution is 2.44. The molecule has 0 aromatic heterocycles. The second-order valence-electron chi connectivity index (χ2n) is 9.66. The summed E-state index contributed by atoms with van der Waals surface area (Å²) in [4.78, 5) is 30.0. The number of carbonyl (C=O) groups excluding carboxylic acids is 1. The molecule has 6 rings (SSSR count). The summed E-state index contributed by atoms with van der Waals surface area (Å²) >= 11 is 0. The number of aliphatic carboxylic acids is 1. The number of carboxylic acids is 1. The first-order chi connectivity index (χ1) is 17.6. The van der Waals surface area contributed by atoms with Gasteiger partial charge >= 0.3 is 12.1 Å². The van der Waals surface area contributed by atoms with Crippen LogP contribution in [0.4, 0.5) is 16.2 Å². The van der Waals surface area contributed by atoms with Crippen LogP contribution in [0.5, 0.6) is 0 Å². The number of hydrogen-bond acceptors (Lipinski definition) is 5. The van der Waals surface area contributed by atoms with E-state index in [9.17, 15) is 9.59 Å². The van der Waals surface area contributed by atoms with Crippen molar-refractivity contribution >= 4 is 23.4 Å². The SMILES string of the molecule is O=C(O)CN1CCc2cc(N3CCN(C(=O)OCC4c5ccccc5-c5ccccc54)CC3)ccc21. The van der Waals surface area contributed by atoms with Crippen LogP contribution < -0.4 is 9.80 Å². The summed E-state index contributed by atoms with van der Waals surface area (Å²) in [7, 11) is 0. The lowest BCUT2D eigenvalue weighted by molar-refractivity contribution is -0.135. The fourth-order valence-electron chi connectivity index (χ4n) is 5.81. The van der Waals surface area contributed by atoms with Crippen molar-refractivity contribution in [1.82, 2.24) is 4.90 Å².